The fraction of sp³-hybridized carbons (Fsp3) is 0.263. The van der Waals surface area contributed by atoms with Crippen LogP contribution in [0.25, 0.3) is 11.3 Å². The van der Waals surface area contributed by atoms with Gasteiger partial charge in [-0.15, -0.1) is 0 Å². The van der Waals surface area contributed by atoms with E-state index in [-0.39, 0.29) is 35.0 Å². The number of methoxy groups -OCH3 is 1. The molecule has 9 nitrogen and oxygen atoms in total. The van der Waals surface area contributed by atoms with Crippen molar-refractivity contribution in [2.45, 2.75) is 25.9 Å². The van der Waals surface area contributed by atoms with Gasteiger partial charge in [0, 0.05) is 6.42 Å². The van der Waals surface area contributed by atoms with Gasteiger partial charge in [-0.2, -0.15) is 10.2 Å². The number of anilines is 1. The molecule has 1 aromatic heterocycles. The van der Waals surface area contributed by atoms with Crippen LogP contribution in [0.1, 0.15) is 25.8 Å². The summed E-state index contributed by atoms with van der Waals surface area (Å²) in [6, 6.07) is 10.6. The predicted molar refractivity (Wildman–Crippen MR) is 102 cm³/mol. The molecule has 1 aliphatic heterocycles. The second kappa shape index (κ2) is 7.17. The van der Waals surface area contributed by atoms with Gasteiger partial charge in [0.25, 0.3) is 5.56 Å². The number of hydrogen-bond acceptors (Lipinski definition) is 8. The molecule has 28 heavy (non-hydrogen) atoms. The van der Waals surface area contributed by atoms with Crippen LogP contribution in [0.15, 0.2) is 40.7 Å². The van der Waals surface area contributed by atoms with E-state index in [1.165, 1.54) is 11.7 Å². The number of allylic oxidation sites excluding steroid dienone is 1. The van der Waals surface area contributed by atoms with Crippen LogP contribution < -0.4 is 21.6 Å². The maximum absolute atomic E-state index is 13.4. The molecule has 2 aromatic rings. The molecule has 0 atom stereocenters. The quantitative estimate of drug-likeness (QED) is 0.465. The van der Waals surface area contributed by atoms with Gasteiger partial charge in [0.15, 0.2) is 0 Å². The molecule has 0 unspecified atom stereocenters. The third kappa shape index (κ3) is 3.21. The van der Waals surface area contributed by atoms with Crippen molar-refractivity contribution in [1.29, 1.82) is 5.26 Å². The highest BCUT2D eigenvalue weighted by Gasteiger charge is 2.37. The monoisotopic (exact) mass is 381 g/mol. The zero-order valence-electron chi connectivity index (χ0n) is 15.6. The number of nitrogens with one attached hydrogen (secondary N) is 1. The van der Waals surface area contributed by atoms with Gasteiger partial charge in [0.1, 0.15) is 17.2 Å². The average molecular weight is 381 g/mol. The van der Waals surface area contributed by atoms with E-state index in [0.717, 1.165) is 0 Å². The Kier molecular flexibility index (Phi) is 4.90. The number of hydrazine groups is 1. The van der Waals surface area contributed by atoms with E-state index < -0.39 is 17.1 Å². The number of nitrogen functional groups attached to an aromatic ring is 1. The third-order valence-electron chi connectivity index (χ3n) is 4.26. The Hall–Kier alpha value is -3.64. The zero-order valence-corrected chi connectivity index (χ0v) is 15.6. The molecule has 0 spiro atoms. The second-order valence-electron chi connectivity index (χ2n) is 6.73. The summed E-state index contributed by atoms with van der Waals surface area (Å²) in [5.41, 5.74) is 1.18. The van der Waals surface area contributed by atoms with Crippen LogP contribution in [-0.2, 0) is 9.53 Å². The first-order valence-electron chi connectivity index (χ1n) is 8.43. The van der Waals surface area contributed by atoms with Gasteiger partial charge >= 0.3 is 5.97 Å². The molecule has 0 aliphatic carbocycles. The van der Waals surface area contributed by atoms with E-state index in [0.29, 0.717) is 5.69 Å². The number of hydrogen-bond donors (Lipinski definition) is 2. The summed E-state index contributed by atoms with van der Waals surface area (Å²) in [5, 5.41) is 9.77. The van der Waals surface area contributed by atoms with Crippen molar-refractivity contribution in [3.8, 4) is 17.6 Å². The minimum atomic E-state index is -0.916. The summed E-state index contributed by atoms with van der Waals surface area (Å²) in [4.78, 5) is 30.0. The number of para-hydroxylation sites is 1. The Bertz CT molecular complexity index is 1060. The first-order valence-corrected chi connectivity index (χ1v) is 8.43. The van der Waals surface area contributed by atoms with Gasteiger partial charge in [-0.25, -0.2) is 15.2 Å². The molecule has 0 saturated heterocycles. The first-order chi connectivity index (χ1) is 13.3. The lowest BCUT2D eigenvalue weighted by atomic mass is 9.94. The number of carbonyl (C=O) groups is 1. The summed E-state index contributed by atoms with van der Waals surface area (Å²) in [6.45, 7) is 3.44. The number of nitriles is 1. The van der Waals surface area contributed by atoms with E-state index in [4.69, 9.17) is 15.3 Å². The number of esters is 1. The Morgan fingerprint density at radius 1 is 1.39 bits per heavy atom. The molecule has 3 rings (SSSR count). The van der Waals surface area contributed by atoms with E-state index in [2.05, 4.69) is 10.4 Å². The van der Waals surface area contributed by atoms with Gasteiger partial charge in [-0.05, 0) is 26.0 Å². The number of carbonyl (C=O) groups excluding carboxylic acids is 1. The van der Waals surface area contributed by atoms with E-state index in [1.807, 2.05) is 6.07 Å². The molecule has 1 aliphatic rings. The number of benzene rings is 1. The molecule has 0 amide bonds. The Labute approximate surface area is 161 Å². The van der Waals surface area contributed by atoms with Crippen molar-refractivity contribution in [3.05, 3.63) is 51.8 Å². The molecule has 2 heterocycles. The summed E-state index contributed by atoms with van der Waals surface area (Å²) in [7, 11) is 1.21. The predicted octanol–water partition coefficient (Wildman–Crippen LogP) is 1.53. The van der Waals surface area contributed by atoms with Crippen molar-refractivity contribution < 1.29 is 14.3 Å². The van der Waals surface area contributed by atoms with Crippen molar-refractivity contribution in [2.24, 2.45) is 5.84 Å². The summed E-state index contributed by atoms with van der Waals surface area (Å²) in [5.74, 6) is 4.83. The molecule has 0 saturated carbocycles. The van der Waals surface area contributed by atoms with Crippen molar-refractivity contribution in [1.82, 2.24) is 9.55 Å². The highest BCUT2D eigenvalue weighted by Crippen LogP contribution is 2.36. The van der Waals surface area contributed by atoms with Crippen molar-refractivity contribution >= 4 is 17.5 Å². The SMILES string of the molecule is COC(=O)C1=C(C#N)c2c(nc(NN)n(-c3ccccc3)c2=O)OC(C)(C)C1. The standard InChI is InChI=1S/C19H19N5O4/c1-19(2)9-12(17(26)27-3)13(10-20)14-15(28-19)22-18(23-21)24(16(14)25)11-7-5-4-6-8-11/h4-8H,9,21H2,1-3H3,(H,22,23). The van der Waals surface area contributed by atoms with Crippen LogP contribution >= 0.6 is 0 Å². The second-order valence-corrected chi connectivity index (χ2v) is 6.73. The highest BCUT2D eigenvalue weighted by molar-refractivity contribution is 6.02. The maximum Gasteiger partial charge on any atom is 0.335 e. The summed E-state index contributed by atoms with van der Waals surface area (Å²) in [6.07, 6.45) is 0.0646. The van der Waals surface area contributed by atoms with E-state index in [1.54, 1.807) is 44.2 Å². The lowest BCUT2D eigenvalue weighted by Crippen LogP contribution is -2.32. The van der Waals surface area contributed by atoms with Crippen molar-refractivity contribution in [2.75, 3.05) is 12.5 Å². The minimum Gasteiger partial charge on any atom is -0.471 e. The number of ether oxygens (including phenoxy) is 2. The number of nitrogens with two attached hydrogens (primary N) is 1. The van der Waals surface area contributed by atoms with Crippen LogP contribution in [0.3, 0.4) is 0 Å². The molecule has 0 radical (unpaired) electrons. The van der Waals surface area contributed by atoms with Crippen LogP contribution in [0.5, 0.6) is 5.88 Å². The summed E-state index contributed by atoms with van der Waals surface area (Å²) < 4.78 is 11.9. The first kappa shape index (κ1) is 19.1. The smallest absolute Gasteiger partial charge is 0.335 e. The molecule has 144 valence electrons. The Balaban J connectivity index is 2.44. The fourth-order valence-corrected chi connectivity index (χ4v) is 3.09. The van der Waals surface area contributed by atoms with Gasteiger partial charge < -0.3 is 9.47 Å². The lowest BCUT2D eigenvalue weighted by Gasteiger charge is -2.25. The van der Waals surface area contributed by atoms with Gasteiger partial charge in [0.2, 0.25) is 11.8 Å². The Morgan fingerprint density at radius 2 is 2.07 bits per heavy atom. The van der Waals surface area contributed by atoms with E-state index >= 15 is 0 Å². The van der Waals surface area contributed by atoms with Gasteiger partial charge in [-0.1, -0.05) is 18.2 Å². The lowest BCUT2D eigenvalue weighted by molar-refractivity contribution is -0.136. The number of fused-ring (bicyclic) bond motifs is 1. The summed E-state index contributed by atoms with van der Waals surface area (Å²) >= 11 is 0. The fourth-order valence-electron chi connectivity index (χ4n) is 3.09. The molecular weight excluding hydrogens is 362 g/mol. The molecule has 1 aromatic carbocycles. The average Bonchev–Trinajstić information content (AvgIpc) is 2.80. The maximum atomic E-state index is 13.4. The van der Waals surface area contributed by atoms with Crippen molar-refractivity contribution in [3.63, 3.8) is 0 Å². The third-order valence-corrected chi connectivity index (χ3v) is 4.26. The Morgan fingerprint density at radius 3 is 2.64 bits per heavy atom. The molecular formula is C19H19N5O4. The molecule has 0 bridgehead atoms. The molecule has 9 heteroatoms. The van der Waals surface area contributed by atoms with Gasteiger partial charge in [-0.3, -0.25) is 10.2 Å². The molecule has 3 N–H and O–H groups in total. The minimum absolute atomic E-state index is 0.0320. The van der Waals surface area contributed by atoms with Crippen LogP contribution in [0.2, 0.25) is 0 Å². The highest BCUT2D eigenvalue weighted by atomic mass is 16.5. The number of aromatic nitrogens is 2. The zero-order chi connectivity index (χ0) is 20.5. The number of rotatable bonds is 3. The van der Waals surface area contributed by atoms with Crippen LogP contribution in [0.4, 0.5) is 5.95 Å². The van der Waals surface area contributed by atoms with Crippen LogP contribution in [-0.4, -0.2) is 28.2 Å². The van der Waals surface area contributed by atoms with Crippen LogP contribution in [0, 0.1) is 11.3 Å². The number of nitrogens with zero attached hydrogens (tertiary/aromatic N) is 3. The topological polar surface area (TPSA) is 132 Å². The van der Waals surface area contributed by atoms with Gasteiger partial charge in [0.05, 0.1) is 23.9 Å². The van der Waals surface area contributed by atoms with E-state index in [9.17, 15) is 14.9 Å². The largest absolute Gasteiger partial charge is 0.471 e. The molecule has 0 fully saturated rings. The normalized spacial score (nSPS) is 15.0.